The molecule has 1 unspecified atom stereocenters. The number of nitro groups is 1. The zero-order chi connectivity index (χ0) is 14.0. The molecule has 0 amide bonds. The predicted molar refractivity (Wildman–Crippen MR) is 77.0 cm³/mol. The van der Waals surface area contributed by atoms with Crippen molar-refractivity contribution in [3.05, 3.63) is 49.4 Å². The quantitative estimate of drug-likeness (QED) is 0.679. The molecule has 0 aliphatic rings. The molecule has 5 nitrogen and oxygen atoms in total. The Kier molecular flexibility index (Phi) is 4.01. The van der Waals surface area contributed by atoms with Crippen LogP contribution in [0.5, 0.6) is 0 Å². The molecule has 0 saturated heterocycles. The fourth-order valence-corrected chi connectivity index (χ4v) is 2.80. The van der Waals surface area contributed by atoms with Crippen molar-refractivity contribution < 1.29 is 4.92 Å². The lowest BCUT2D eigenvalue weighted by Crippen LogP contribution is -2.06. The molecule has 0 fully saturated rings. The molecular formula is C12H12ClN3O2S. The molecule has 0 aliphatic heterocycles. The smallest absolute Gasteiger partial charge is 0.271 e. The van der Waals surface area contributed by atoms with Crippen LogP contribution in [0.15, 0.2) is 23.7 Å². The van der Waals surface area contributed by atoms with Crippen molar-refractivity contribution in [1.29, 1.82) is 0 Å². The molecule has 1 N–H and O–H groups in total. The van der Waals surface area contributed by atoms with Crippen molar-refractivity contribution in [3.63, 3.8) is 0 Å². The van der Waals surface area contributed by atoms with Gasteiger partial charge in [0.05, 0.1) is 32.9 Å². The largest absolute Gasteiger partial charge is 0.376 e. The molecule has 0 radical (unpaired) electrons. The average molecular weight is 298 g/mol. The van der Waals surface area contributed by atoms with E-state index < -0.39 is 4.92 Å². The van der Waals surface area contributed by atoms with Gasteiger partial charge in [-0.2, -0.15) is 0 Å². The molecule has 19 heavy (non-hydrogen) atoms. The van der Waals surface area contributed by atoms with E-state index in [1.165, 1.54) is 12.1 Å². The first kappa shape index (κ1) is 13.8. The number of non-ortho nitro benzene ring substituents is 1. The van der Waals surface area contributed by atoms with Gasteiger partial charge in [-0.25, -0.2) is 4.98 Å². The summed E-state index contributed by atoms with van der Waals surface area (Å²) >= 11 is 7.61. The van der Waals surface area contributed by atoms with Crippen LogP contribution < -0.4 is 5.32 Å². The third-order valence-electron chi connectivity index (χ3n) is 2.71. The van der Waals surface area contributed by atoms with Gasteiger partial charge in [-0.3, -0.25) is 10.1 Å². The Morgan fingerprint density at radius 2 is 2.26 bits per heavy atom. The van der Waals surface area contributed by atoms with Gasteiger partial charge in [0.2, 0.25) is 0 Å². The highest BCUT2D eigenvalue weighted by atomic mass is 35.5. The summed E-state index contributed by atoms with van der Waals surface area (Å²) in [5.41, 5.74) is 3.42. The molecular weight excluding hydrogens is 286 g/mol. The van der Waals surface area contributed by atoms with Crippen molar-refractivity contribution in [3.8, 4) is 0 Å². The second kappa shape index (κ2) is 5.54. The van der Waals surface area contributed by atoms with Gasteiger partial charge in [0.25, 0.3) is 5.69 Å². The SMILES string of the molecule is Cc1ncsc1C(C)Nc1ccc([N+](=O)[O-])cc1Cl. The standard InChI is InChI=1S/C12H12ClN3O2S/c1-7-12(19-6-14-7)8(2)15-11-4-3-9(16(17)18)5-10(11)13/h3-6,8,15H,1-2H3. The minimum Gasteiger partial charge on any atom is -0.376 e. The molecule has 2 aromatic rings. The number of aromatic nitrogens is 1. The van der Waals surface area contributed by atoms with E-state index in [4.69, 9.17) is 11.6 Å². The Morgan fingerprint density at radius 3 is 2.79 bits per heavy atom. The third-order valence-corrected chi connectivity index (χ3v) is 4.14. The summed E-state index contributed by atoms with van der Waals surface area (Å²) in [7, 11) is 0. The second-order valence-corrected chi connectivity index (χ2v) is 5.38. The van der Waals surface area contributed by atoms with Crippen LogP contribution in [0.4, 0.5) is 11.4 Å². The fourth-order valence-electron chi connectivity index (χ4n) is 1.76. The Bertz CT molecular complexity index is 615. The maximum atomic E-state index is 10.6. The third kappa shape index (κ3) is 3.02. The number of rotatable bonds is 4. The van der Waals surface area contributed by atoms with E-state index in [1.54, 1.807) is 22.9 Å². The van der Waals surface area contributed by atoms with Gasteiger partial charge in [-0.15, -0.1) is 11.3 Å². The lowest BCUT2D eigenvalue weighted by atomic mass is 10.2. The van der Waals surface area contributed by atoms with Crippen LogP contribution in [-0.2, 0) is 0 Å². The van der Waals surface area contributed by atoms with E-state index in [-0.39, 0.29) is 11.7 Å². The van der Waals surface area contributed by atoms with Crippen LogP contribution in [-0.4, -0.2) is 9.91 Å². The number of nitrogens with one attached hydrogen (secondary N) is 1. The molecule has 100 valence electrons. The number of thiazole rings is 1. The van der Waals surface area contributed by atoms with Crippen LogP contribution in [0.1, 0.15) is 23.5 Å². The Hall–Kier alpha value is -1.66. The first-order chi connectivity index (χ1) is 8.99. The van der Waals surface area contributed by atoms with E-state index in [0.29, 0.717) is 10.7 Å². The highest BCUT2D eigenvalue weighted by Gasteiger charge is 2.14. The number of nitro benzene ring substituents is 1. The van der Waals surface area contributed by atoms with Crippen LogP contribution in [0, 0.1) is 17.0 Å². The number of anilines is 1. The maximum absolute atomic E-state index is 10.6. The first-order valence-corrected chi connectivity index (χ1v) is 6.85. The predicted octanol–water partition coefficient (Wildman–Crippen LogP) is 4.19. The summed E-state index contributed by atoms with van der Waals surface area (Å²) in [5.74, 6) is 0. The van der Waals surface area contributed by atoms with Crippen LogP contribution in [0.2, 0.25) is 5.02 Å². The first-order valence-electron chi connectivity index (χ1n) is 5.59. The van der Waals surface area contributed by atoms with Gasteiger partial charge in [0.1, 0.15) is 0 Å². The summed E-state index contributed by atoms with van der Waals surface area (Å²) in [6, 6.07) is 4.44. The molecule has 1 aromatic heterocycles. The van der Waals surface area contributed by atoms with Gasteiger partial charge in [-0.05, 0) is 19.9 Å². The van der Waals surface area contributed by atoms with E-state index in [0.717, 1.165) is 10.6 Å². The number of halogens is 1. The minimum atomic E-state index is -0.466. The zero-order valence-corrected chi connectivity index (χ0v) is 12.0. The number of benzene rings is 1. The maximum Gasteiger partial charge on any atom is 0.271 e. The van der Waals surface area contributed by atoms with Crippen molar-refractivity contribution in [2.45, 2.75) is 19.9 Å². The summed E-state index contributed by atoms with van der Waals surface area (Å²) in [5, 5.41) is 14.2. The number of aryl methyl sites for hydroxylation is 1. The molecule has 0 spiro atoms. The highest BCUT2D eigenvalue weighted by Crippen LogP contribution is 2.31. The number of hydrogen-bond acceptors (Lipinski definition) is 5. The molecule has 7 heteroatoms. The number of hydrogen-bond donors (Lipinski definition) is 1. The zero-order valence-electron chi connectivity index (χ0n) is 10.4. The molecule has 0 bridgehead atoms. The summed E-state index contributed by atoms with van der Waals surface area (Å²) in [6.07, 6.45) is 0. The Labute approximate surface area is 119 Å². The summed E-state index contributed by atoms with van der Waals surface area (Å²) < 4.78 is 0. The van der Waals surface area contributed by atoms with Crippen LogP contribution in [0.3, 0.4) is 0 Å². The number of nitrogens with zero attached hydrogens (tertiary/aromatic N) is 2. The molecule has 1 heterocycles. The van der Waals surface area contributed by atoms with Gasteiger partial charge >= 0.3 is 0 Å². The fraction of sp³-hybridized carbons (Fsp3) is 0.250. The van der Waals surface area contributed by atoms with Crippen molar-refractivity contribution >= 4 is 34.3 Å². The average Bonchev–Trinajstić information content (AvgIpc) is 2.77. The summed E-state index contributed by atoms with van der Waals surface area (Å²) in [4.78, 5) is 15.5. The molecule has 1 atom stereocenters. The molecule has 0 saturated carbocycles. The summed E-state index contributed by atoms with van der Waals surface area (Å²) in [6.45, 7) is 3.94. The monoisotopic (exact) mass is 297 g/mol. The van der Waals surface area contributed by atoms with Gasteiger partial charge in [-0.1, -0.05) is 11.6 Å². The van der Waals surface area contributed by atoms with E-state index in [1.807, 2.05) is 13.8 Å². The van der Waals surface area contributed by atoms with Gasteiger partial charge in [0.15, 0.2) is 0 Å². The van der Waals surface area contributed by atoms with Gasteiger partial charge in [0, 0.05) is 17.0 Å². The van der Waals surface area contributed by atoms with E-state index in [9.17, 15) is 10.1 Å². The highest BCUT2D eigenvalue weighted by molar-refractivity contribution is 7.09. The van der Waals surface area contributed by atoms with Crippen LogP contribution >= 0.6 is 22.9 Å². The Morgan fingerprint density at radius 1 is 1.53 bits per heavy atom. The van der Waals surface area contributed by atoms with E-state index in [2.05, 4.69) is 10.3 Å². The molecule has 1 aromatic carbocycles. The lowest BCUT2D eigenvalue weighted by Gasteiger charge is -2.15. The topological polar surface area (TPSA) is 68.1 Å². The second-order valence-electron chi connectivity index (χ2n) is 4.09. The lowest BCUT2D eigenvalue weighted by molar-refractivity contribution is -0.384. The normalized spacial score (nSPS) is 12.2. The van der Waals surface area contributed by atoms with Crippen molar-refractivity contribution in [2.24, 2.45) is 0 Å². The molecule has 0 aliphatic carbocycles. The minimum absolute atomic E-state index is 0.0165. The van der Waals surface area contributed by atoms with Gasteiger partial charge < -0.3 is 5.32 Å². The van der Waals surface area contributed by atoms with Crippen molar-refractivity contribution in [2.75, 3.05) is 5.32 Å². The Balaban J connectivity index is 2.20. The van der Waals surface area contributed by atoms with E-state index >= 15 is 0 Å². The van der Waals surface area contributed by atoms with Crippen LogP contribution in [0.25, 0.3) is 0 Å². The van der Waals surface area contributed by atoms with Crippen molar-refractivity contribution in [1.82, 2.24) is 4.98 Å². The molecule has 2 rings (SSSR count).